The Labute approximate surface area is 189 Å². The first-order chi connectivity index (χ1) is 16.2. The van der Waals surface area contributed by atoms with E-state index in [1.807, 2.05) is 36.4 Å². The number of hydrogen-bond donors (Lipinski definition) is 1. The van der Waals surface area contributed by atoms with Crippen LogP contribution >= 0.6 is 0 Å². The molecule has 162 valence electrons. The monoisotopic (exact) mass is 436 g/mol. The maximum Gasteiger partial charge on any atom is 0.338 e. The van der Waals surface area contributed by atoms with Crippen molar-refractivity contribution in [2.45, 2.75) is 19.4 Å². The van der Waals surface area contributed by atoms with E-state index in [0.29, 0.717) is 18.1 Å². The van der Waals surface area contributed by atoms with Gasteiger partial charge >= 0.3 is 5.97 Å². The first-order valence-electron chi connectivity index (χ1n) is 10.8. The van der Waals surface area contributed by atoms with Crippen LogP contribution in [0.25, 0.3) is 33.8 Å². The number of carboxylic acid groups (broad SMARTS) is 1. The van der Waals surface area contributed by atoms with Crippen LogP contribution in [-0.2, 0) is 19.4 Å². The van der Waals surface area contributed by atoms with E-state index in [2.05, 4.69) is 40.1 Å². The van der Waals surface area contributed by atoms with E-state index in [1.165, 1.54) is 23.1 Å². The van der Waals surface area contributed by atoms with E-state index in [-0.39, 0.29) is 5.56 Å². The lowest BCUT2D eigenvalue weighted by molar-refractivity contribution is 0.0696. The van der Waals surface area contributed by atoms with Gasteiger partial charge in [-0.3, -0.25) is 0 Å². The Morgan fingerprint density at radius 2 is 1.79 bits per heavy atom. The summed E-state index contributed by atoms with van der Waals surface area (Å²) in [5.74, 6) is 0.232. The molecule has 0 atom stereocenters. The lowest BCUT2D eigenvalue weighted by Gasteiger charge is -2.19. The second-order valence-corrected chi connectivity index (χ2v) is 8.18. The number of aryl methyl sites for hydroxylation is 1. The molecule has 5 aromatic rings. The summed E-state index contributed by atoms with van der Waals surface area (Å²) in [4.78, 5) is 11.3. The van der Waals surface area contributed by atoms with Crippen molar-refractivity contribution >= 4 is 5.97 Å². The number of aromatic nitrogens is 2. The minimum atomic E-state index is -1.00. The smallest absolute Gasteiger partial charge is 0.338 e. The average Bonchev–Trinajstić information content (AvgIpc) is 3.59. The average molecular weight is 436 g/mol. The molecule has 6 nitrogen and oxygen atoms in total. The zero-order chi connectivity index (χ0) is 22.4. The van der Waals surface area contributed by atoms with Crippen molar-refractivity contribution < 1.29 is 18.8 Å². The minimum Gasteiger partial charge on any atom is -0.478 e. The fourth-order valence-corrected chi connectivity index (χ4v) is 4.60. The Hall–Kier alpha value is -4.32. The number of benzene rings is 2. The second kappa shape index (κ2) is 7.67. The molecule has 0 saturated carbocycles. The topological polar surface area (TPSA) is 81.4 Å². The summed E-state index contributed by atoms with van der Waals surface area (Å²) in [7, 11) is 0. The third kappa shape index (κ3) is 3.36. The van der Waals surface area contributed by atoms with Crippen molar-refractivity contribution in [2.75, 3.05) is 0 Å². The van der Waals surface area contributed by atoms with Crippen molar-refractivity contribution in [3.63, 3.8) is 0 Å². The largest absolute Gasteiger partial charge is 0.478 e. The van der Waals surface area contributed by atoms with Gasteiger partial charge in [-0.1, -0.05) is 59.8 Å². The van der Waals surface area contributed by atoms with Crippen molar-refractivity contribution in [3.05, 3.63) is 102 Å². The fraction of sp³-hybridized carbons (Fsp3) is 0.111. The van der Waals surface area contributed by atoms with Crippen LogP contribution in [0.3, 0.4) is 0 Å². The molecule has 0 amide bonds. The number of carbonyl (C=O) groups is 1. The van der Waals surface area contributed by atoms with Gasteiger partial charge in [0.25, 0.3) is 0 Å². The third-order valence-corrected chi connectivity index (χ3v) is 6.19. The van der Waals surface area contributed by atoms with Gasteiger partial charge in [0.2, 0.25) is 0 Å². The highest BCUT2D eigenvalue weighted by Gasteiger charge is 2.25. The molecule has 1 aliphatic carbocycles. The number of carboxylic acids is 1. The van der Waals surface area contributed by atoms with Crippen LogP contribution in [0.15, 0.2) is 88.0 Å². The Bertz CT molecular complexity index is 1470. The Balaban J connectivity index is 1.48. The van der Waals surface area contributed by atoms with E-state index in [0.717, 1.165) is 35.4 Å². The number of nitrogens with zero attached hydrogens (tertiary/aromatic N) is 2. The summed E-state index contributed by atoms with van der Waals surface area (Å²) in [5.41, 5.74) is 7.66. The molecule has 3 aromatic heterocycles. The maximum absolute atomic E-state index is 11.3. The molecule has 0 unspecified atom stereocenters. The predicted molar refractivity (Wildman–Crippen MR) is 123 cm³/mol. The van der Waals surface area contributed by atoms with E-state index in [4.69, 9.17) is 8.94 Å². The Morgan fingerprint density at radius 1 is 0.970 bits per heavy atom. The molecule has 3 heterocycles. The lowest BCUT2D eigenvalue weighted by Crippen LogP contribution is -2.10. The molecule has 0 fully saturated rings. The van der Waals surface area contributed by atoms with Gasteiger partial charge in [0.05, 0.1) is 17.8 Å². The second-order valence-electron chi connectivity index (χ2n) is 8.18. The SMILES string of the molecule is O=C(O)c1coc(Cn2c(-c3cc(-c4ccccc4)no3)cc3c2CCc2ccccc2-3)c1. The molecule has 33 heavy (non-hydrogen) atoms. The van der Waals surface area contributed by atoms with Crippen LogP contribution in [-0.4, -0.2) is 20.8 Å². The summed E-state index contributed by atoms with van der Waals surface area (Å²) in [6.07, 6.45) is 3.10. The van der Waals surface area contributed by atoms with E-state index in [1.54, 1.807) is 6.07 Å². The molecule has 6 heteroatoms. The number of rotatable bonds is 5. The summed E-state index contributed by atoms with van der Waals surface area (Å²) >= 11 is 0. The van der Waals surface area contributed by atoms with Crippen molar-refractivity contribution in [1.82, 2.24) is 9.72 Å². The molecule has 6 rings (SSSR count). The van der Waals surface area contributed by atoms with Gasteiger partial charge in [0.15, 0.2) is 5.76 Å². The number of fused-ring (bicyclic) bond motifs is 3. The Morgan fingerprint density at radius 3 is 2.61 bits per heavy atom. The van der Waals surface area contributed by atoms with Gasteiger partial charge in [-0.25, -0.2) is 4.79 Å². The highest BCUT2D eigenvalue weighted by molar-refractivity contribution is 5.87. The molecular formula is C27H20N2O4. The van der Waals surface area contributed by atoms with Gasteiger partial charge in [0, 0.05) is 22.9 Å². The van der Waals surface area contributed by atoms with Crippen molar-refractivity contribution in [3.8, 4) is 33.8 Å². The molecule has 2 aromatic carbocycles. The normalized spacial score (nSPS) is 12.4. The van der Waals surface area contributed by atoms with Gasteiger partial charge in [0.1, 0.15) is 17.7 Å². The van der Waals surface area contributed by atoms with Gasteiger partial charge in [-0.2, -0.15) is 0 Å². The third-order valence-electron chi connectivity index (χ3n) is 6.19. The molecule has 0 saturated heterocycles. The van der Waals surface area contributed by atoms with Crippen LogP contribution in [0.2, 0.25) is 0 Å². The summed E-state index contributed by atoms with van der Waals surface area (Å²) in [6, 6.07) is 24.0. The molecule has 1 N–H and O–H groups in total. The van der Waals surface area contributed by atoms with Gasteiger partial charge < -0.3 is 18.6 Å². The van der Waals surface area contributed by atoms with E-state index >= 15 is 0 Å². The molecule has 1 aliphatic rings. The molecular weight excluding hydrogens is 416 g/mol. The first-order valence-corrected chi connectivity index (χ1v) is 10.8. The maximum atomic E-state index is 11.3. The van der Waals surface area contributed by atoms with Crippen LogP contribution in [0.4, 0.5) is 0 Å². The molecule has 0 bridgehead atoms. The predicted octanol–water partition coefficient (Wildman–Crippen LogP) is 5.92. The van der Waals surface area contributed by atoms with E-state index in [9.17, 15) is 9.90 Å². The van der Waals surface area contributed by atoms with Crippen LogP contribution in [0.1, 0.15) is 27.4 Å². The van der Waals surface area contributed by atoms with Crippen molar-refractivity contribution in [2.24, 2.45) is 0 Å². The number of hydrogen-bond acceptors (Lipinski definition) is 4. The zero-order valence-corrected chi connectivity index (χ0v) is 17.7. The van der Waals surface area contributed by atoms with Crippen LogP contribution < -0.4 is 0 Å². The molecule has 0 aliphatic heterocycles. The highest BCUT2D eigenvalue weighted by Crippen LogP contribution is 2.40. The van der Waals surface area contributed by atoms with Gasteiger partial charge in [-0.15, -0.1) is 0 Å². The number of aromatic carboxylic acids is 1. The fourth-order valence-electron chi connectivity index (χ4n) is 4.60. The number of furan rings is 1. The van der Waals surface area contributed by atoms with Gasteiger partial charge in [-0.05, 0) is 36.1 Å². The molecule has 0 spiro atoms. The summed E-state index contributed by atoms with van der Waals surface area (Å²) in [6.45, 7) is 0.404. The van der Waals surface area contributed by atoms with Crippen LogP contribution in [0, 0.1) is 0 Å². The van der Waals surface area contributed by atoms with Crippen molar-refractivity contribution in [1.29, 1.82) is 0 Å². The zero-order valence-electron chi connectivity index (χ0n) is 17.7. The standard InChI is InChI=1S/C27H20N2O4/c30-27(31)19-12-20(32-16-19)15-29-24-11-10-17-6-4-5-9-21(17)22(24)13-25(29)26-14-23(28-33-26)18-7-2-1-3-8-18/h1-9,12-14,16H,10-11,15H2,(H,30,31). The van der Waals surface area contributed by atoms with Crippen LogP contribution in [0.5, 0.6) is 0 Å². The Kier molecular flexibility index (Phi) is 4.50. The van der Waals surface area contributed by atoms with E-state index < -0.39 is 5.97 Å². The summed E-state index contributed by atoms with van der Waals surface area (Å²) < 4.78 is 13.5. The highest BCUT2D eigenvalue weighted by atomic mass is 16.5. The minimum absolute atomic E-state index is 0.143. The molecule has 0 radical (unpaired) electrons. The summed E-state index contributed by atoms with van der Waals surface area (Å²) in [5, 5.41) is 13.6. The quantitative estimate of drug-likeness (QED) is 0.370. The first kappa shape index (κ1) is 19.4. The lowest BCUT2D eigenvalue weighted by atomic mass is 9.90.